The third-order valence-corrected chi connectivity index (χ3v) is 16.1. The van der Waals surface area contributed by atoms with Crippen molar-refractivity contribution >= 4 is 41.5 Å². The first-order chi connectivity index (χ1) is 28.8. The van der Waals surface area contributed by atoms with Gasteiger partial charge in [-0.2, -0.15) is 0 Å². The molecule has 354 valence electrons. The van der Waals surface area contributed by atoms with Crippen molar-refractivity contribution in [2.45, 2.75) is 170 Å². The van der Waals surface area contributed by atoms with Gasteiger partial charge in [-0.3, -0.25) is 9.59 Å². The van der Waals surface area contributed by atoms with Gasteiger partial charge in [0.25, 0.3) is 0 Å². The van der Waals surface area contributed by atoms with E-state index in [0.717, 1.165) is 51.4 Å². The van der Waals surface area contributed by atoms with Gasteiger partial charge in [0.15, 0.2) is 0 Å². The van der Waals surface area contributed by atoms with Crippen molar-refractivity contribution in [1.82, 2.24) is 31.9 Å². The maximum atomic E-state index is 12.9. The molecule has 2 atom stereocenters. The number of amides is 6. The maximum Gasteiger partial charge on any atom is 0.500 e. The standard InChI is InChI=1S/C42H88N6O10Si2/c1-11-53-59(54-12-2,55-13-3)33-27-31-45-41(51)47-37(35(7)8)39(49)43-29-25-23-21-19-17-18-20-22-24-26-30-44-40(50)38(36(9)10)48-42(52)46-32-28-34-60(56-14-4,57-15-5)58-16-6/h35-38H,11-34H2,1-10H3,(H,43,49)(H,44,50)(H2,45,47,51)(H2,46,48,52)/t37-,38-/m0/s1. The molecule has 0 aromatic heterocycles. The van der Waals surface area contributed by atoms with Crippen LogP contribution < -0.4 is 31.9 Å². The fourth-order valence-electron chi connectivity index (χ4n) is 6.78. The Kier molecular flexibility index (Phi) is 34.8. The second-order valence-electron chi connectivity index (χ2n) is 15.5. The van der Waals surface area contributed by atoms with E-state index in [9.17, 15) is 19.2 Å². The van der Waals surface area contributed by atoms with E-state index in [1.807, 2.05) is 69.2 Å². The van der Waals surface area contributed by atoms with Crippen molar-refractivity contribution in [3.05, 3.63) is 0 Å². The van der Waals surface area contributed by atoms with Crippen LogP contribution >= 0.6 is 0 Å². The van der Waals surface area contributed by atoms with Gasteiger partial charge in [0.2, 0.25) is 11.8 Å². The van der Waals surface area contributed by atoms with Gasteiger partial charge in [0.05, 0.1) is 0 Å². The second kappa shape index (κ2) is 36.2. The highest BCUT2D eigenvalue weighted by molar-refractivity contribution is 6.61. The summed E-state index contributed by atoms with van der Waals surface area (Å²) < 4.78 is 35.3. The van der Waals surface area contributed by atoms with E-state index in [4.69, 9.17) is 26.6 Å². The number of nitrogens with one attached hydrogen (secondary N) is 6. The first-order valence-corrected chi connectivity index (χ1v) is 27.1. The summed E-state index contributed by atoms with van der Waals surface area (Å²) in [5, 5.41) is 17.4. The van der Waals surface area contributed by atoms with Crippen molar-refractivity contribution in [1.29, 1.82) is 0 Å². The van der Waals surface area contributed by atoms with Crippen LogP contribution in [-0.4, -0.2) is 119 Å². The number of rotatable bonds is 39. The van der Waals surface area contributed by atoms with E-state index in [-0.39, 0.29) is 35.7 Å². The van der Waals surface area contributed by atoms with Gasteiger partial charge in [-0.15, -0.1) is 0 Å². The van der Waals surface area contributed by atoms with Crippen molar-refractivity contribution in [3.63, 3.8) is 0 Å². The highest BCUT2D eigenvalue weighted by Gasteiger charge is 2.40. The minimum atomic E-state index is -2.76. The molecular formula is C42H88N6O10Si2. The lowest BCUT2D eigenvalue weighted by Gasteiger charge is -2.28. The molecular weight excluding hydrogens is 805 g/mol. The zero-order valence-corrected chi connectivity index (χ0v) is 41.4. The summed E-state index contributed by atoms with van der Waals surface area (Å²) >= 11 is 0. The molecule has 16 nitrogen and oxygen atoms in total. The molecule has 0 aromatic rings. The average molecular weight is 893 g/mol. The first kappa shape index (κ1) is 57.7. The Morgan fingerprint density at radius 1 is 0.383 bits per heavy atom. The lowest BCUT2D eigenvalue weighted by Crippen LogP contribution is -2.53. The van der Waals surface area contributed by atoms with E-state index in [2.05, 4.69) is 31.9 Å². The number of unbranched alkanes of at least 4 members (excludes halogenated alkanes) is 9. The summed E-state index contributed by atoms with van der Waals surface area (Å²) in [6.07, 6.45) is 12.1. The Morgan fingerprint density at radius 2 is 0.633 bits per heavy atom. The molecule has 0 heterocycles. The van der Waals surface area contributed by atoms with Crippen molar-refractivity contribution < 1.29 is 45.7 Å². The lowest BCUT2D eigenvalue weighted by atomic mass is 10.0. The predicted octanol–water partition coefficient (Wildman–Crippen LogP) is 6.64. The summed E-state index contributed by atoms with van der Waals surface area (Å²) in [4.78, 5) is 51.0. The molecule has 6 amide bonds. The maximum absolute atomic E-state index is 12.9. The van der Waals surface area contributed by atoms with E-state index >= 15 is 0 Å². The Bertz CT molecular complexity index is 1010. The molecule has 18 heteroatoms. The summed E-state index contributed by atoms with van der Waals surface area (Å²) in [5.74, 6) is -0.434. The summed E-state index contributed by atoms with van der Waals surface area (Å²) in [6.45, 7) is 24.3. The number of urea groups is 2. The van der Waals surface area contributed by atoms with Crippen LogP contribution in [0.5, 0.6) is 0 Å². The monoisotopic (exact) mass is 893 g/mol. The van der Waals surface area contributed by atoms with E-state index in [1.54, 1.807) is 0 Å². The van der Waals surface area contributed by atoms with Crippen molar-refractivity contribution in [2.24, 2.45) is 11.8 Å². The molecule has 0 saturated carbocycles. The number of carbonyl (C=O) groups is 4. The normalized spacial score (nSPS) is 12.9. The number of carbonyl (C=O) groups excluding carboxylic acids is 4. The smallest absolute Gasteiger partial charge is 0.374 e. The van der Waals surface area contributed by atoms with Gasteiger partial charge >= 0.3 is 29.7 Å². The van der Waals surface area contributed by atoms with Crippen LogP contribution in [0.3, 0.4) is 0 Å². The average Bonchev–Trinajstić information content (AvgIpc) is 3.19. The topological polar surface area (TPSA) is 196 Å². The Hall–Kier alpha value is -2.33. The molecule has 0 aliphatic heterocycles. The molecule has 6 N–H and O–H groups in total. The third kappa shape index (κ3) is 26.9. The van der Waals surface area contributed by atoms with Crippen LogP contribution in [0.25, 0.3) is 0 Å². The zero-order chi connectivity index (χ0) is 45.1. The molecule has 0 rings (SSSR count). The summed E-state index contributed by atoms with van der Waals surface area (Å²) in [6, 6.07) is -0.752. The molecule has 0 saturated heterocycles. The largest absolute Gasteiger partial charge is 0.500 e. The Labute approximate surface area is 366 Å². The zero-order valence-electron chi connectivity index (χ0n) is 39.4. The minimum Gasteiger partial charge on any atom is -0.374 e. The van der Waals surface area contributed by atoms with Crippen LogP contribution in [0.4, 0.5) is 9.59 Å². The van der Waals surface area contributed by atoms with Crippen molar-refractivity contribution in [2.75, 3.05) is 65.8 Å². The molecule has 0 unspecified atom stereocenters. The minimum absolute atomic E-state index is 0.0539. The number of hydrogen-bond acceptors (Lipinski definition) is 10. The Morgan fingerprint density at radius 3 is 0.883 bits per heavy atom. The highest BCUT2D eigenvalue weighted by Crippen LogP contribution is 2.19. The lowest BCUT2D eigenvalue weighted by molar-refractivity contribution is -0.124. The van der Waals surface area contributed by atoms with Gasteiger partial charge in [-0.25, -0.2) is 9.59 Å². The van der Waals surface area contributed by atoms with Gasteiger partial charge < -0.3 is 58.5 Å². The van der Waals surface area contributed by atoms with Gasteiger partial charge in [0, 0.05) is 77.9 Å². The molecule has 0 aliphatic rings. The van der Waals surface area contributed by atoms with Crippen LogP contribution in [0.2, 0.25) is 12.1 Å². The SMILES string of the molecule is CCO[Si](CCCNC(=O)N[C@H](C(=O)NCCCCCCCCCCCCNC(=O)[C@@H](NC(=O)NCCC[Si](OCC)(OCC)OCC)C(C)C)C(C)C)(OCC)OCC. The van der Waals surface area contributed by atoms with Crippen LogP contribution in [0.15, 0.2) is 0 Å². The molecule has 0 bridgehead atoms. The quantitative estimate of drug-likeness (QED) is 0.0288. The molecule has 0 radical (unpaired) electrons. The van der Waals surface area contributed by atoms with E-state index in [1.165, 1.54) is 12.8 Å². The fourth-order valence-corrected chi connectivity index (χ4v) is 12.0. The molecule has 60 heavy (non-hydrogen) atoms. The van der Waals surface area contributed by atoms with Gasteiger partial charge in [-0.05, 0) is 79.1 Å². The predicted molar refractivity (Wildman–Crippen MR) is 243 cm³/mol. The second-order valence-corrected chi connectivity index (χ2v) is 21.0. The first-order valence-electron chi connectivity index (χ1n) is 23.3. The van der Waals surface area contributed by atoms with Crippen LogP contribution in [0.1, 0.15) is 146 Å². The van der Waals surface area contributed by atoms with Gasteiger partial charge in [-0.1, -0.05) is 79.1 Å². The van der Waals surface area contributed by atoms with Crippen LogP contribution in [0, 0.1) is 11.8 Å². The molecule has 0 fully saturated rings. The van der Waals surface area contributed by atoms with Crippen LogP contribution in [-0.2, 0) is 36.1 Å². The van der Waals surface area contributed by atoms with E-state index in [0.29, 0.717) is 90.8 Å². The third-order valence-electron chi connectivity index (χ3n) is 9.75. The summed E-state index contributed by atoms with van der Waals surface area (Å²) in [7, 11) is -5.52. The highest BCUT2D eigenvalue weighted by atomic mass is 28.4. The van der Waals surface area contributed by atoms with Gasteiger partial charge in [0.1, 0.15) is 12.1 Å². The van der Waals surface area contributed by atoms with Crippen molar-refractivity contribution in [3.8, 4) is 0 Å². The molecule has 0 spiro atoms. The number of hydrogen-bond donors (Lipinski definition) is 6. The fraction of sp³-hybridized carbons (Fsp3) is 0.905. The Balaban J connectivity index is 4.17. The molecule has 0 aromatic carbocycles. The summed E-state index contributed by atoms with van der Waals surface area (Å²) in [5.41, 5.74) is 0. The molecule has 0 aliphatic carbocycles. The van der Waals surface area contributed by atoms with E-state index < -0.39 is 29.7 Å².